The fourth-order valence-electron chi connectivity index (χ4n) is 2.11. The Kier molecular flexibility index (Phi) is 2.34. The molecule has 0 saturated carbocycles. The highest BCUT2D eigenvalue weighted by Crippen LogP contribution is 2.36. The third-order valence-electron chi connectivity index (χ3n) is 2.71. The summed E-state index contributed by atoms with van der Waals surface area (Å²) < 4.78 is 0. The molecule has 0 saturated heterocycles. The minimum atomic E-state index is 0.222. The van der Waals surface area contributed by atoms with E-state index in [0.717, 1.165) is 13.0 Å². The molecule has 70 valence electrons. The van der Waals surface area contributed by atoms with E-state index in [-0.39, 0.29) is 6.04 Å². The van der Waals surface area contributed by atoms with E-state index >= 15 is 0 Å². The highest BCUT2D eigenvalue weighted by Gasteiger charge is 2.26. The number of benzene rings is 1. The standard InChI is InChI=1S/C11H16N2/c1-2-13-11-7-10(12)8-5-3-4-6-9(8)11/h3-6,10-11,13H,2,7,12H2,1H3. The quantitative estimate of drug-likeness (QED) is 0.720. The van der Waals surface area contributed by atoms with Crippen LogP contribution in [0.1, 0.15) is 36.6 Å². The molecule has 1 aliphatic rings. The summed E-state index contributed by atoms with van der Waals surface area (Å²) >= 11 is 0. The van der Waals surface area contributed by atoms with Crippen molar-refractivity contribution in [2.75, 3.05) is 6.54 Å². The molecule has 1 aliphatic carbocycles. The smallest absolute Gasteiger partial charge is 0.0341 e. The summed E-state index contributed by atoms with van der Waals surface area (Å²) in [5.41, 5.74) is 8.73. The van der Waals surface area contributed by atoms with Crippen LogP contribution in [0, 0.1) is 0 Å². The van der Waals surface area contributed by atoms with E-state index in [1.54, 1.807) is 0 Å². The summed E-state index contributed by atoms with van der Waals surface area (Å²) in [6.07, 6.45) is 1.03. The van der Waals surface area contributed by atoms with E-state index in [0.29, 0.717) is 6.04 Å². The Hall–Kier alpha value is -0.860. The molecule has 2 atom stereocenters. The highest BCUT2D eigenvalue weighted by molar-refractivity contribution is 5.37. The van der Waals surface area contributed by atoms with Crippen LogP contribution in [0.15, 0.2) is 24.3 Å². The molecule has 2 unspecified atom stereocenters. The second kappa shape index (κ2) is 3.48. The second-order valence-electron chi connectivity index (χ2n) is 3.58. The molecule has 0 amide bonds. The molecule has 0 radical (unpaired) electrons. The third kappa shape index (κ3) is 1.47. The zero-order valence-corrected chi connectivity index (χ0v) is 7.96. The molecule has 0 fully saturated rings. The van der Waals surface area contributed by atoms with Crippen LogP contribution in [-0.2, 0) is 0 Å². The molecular weight excluding hydrogens is 160 g/mol. The zero-order chi connectivity index (χ0) is 9.26. The summed E-state index contributed by atoms with van der Waals surface area (Å²) in [5.74, 6) is 0. The lowest BCUT2D eigenvalue weighted by atomic mass is 10.1. The number of hydrogen-bond acceptors (Lipinski definition) is 2. The van der Waals surface area contributed by atoms with Crippen molar-refractivity contribution in [2.24, 2.45) is 5.73 Å². The Bertz CT molecular complexity index is 296. The first-order valence-electron chi connectivity index (χ1n) is 4.90. The van der Waals surface area contributed by atoms with Crippen molar-refractivity contribution >= 4 is 0 Å². The number of fused-ring (bicyclic) bond motifs is 1. The van der Waals surface area contributed by atoms with Gasteiger partial charge in [-0.15, -0.1) is 0 Å². The molecule has 3 N–H and O–H groups in total. The Morgan fingerprint density at radius 1 is 1.38 bits per heavy atom. The molecular formula is C11H16N2. The zero-order valence-electron chi connectivity index (χ0n) is 7.96. The number of rotatable bonds is 2. The van der Waals surface area contributed by atoms with Crippen LogP contribution in [0.2, 0.25) is 0 Å². The molecule has 2 rings (SSSR count). The number of nitrogens with two attached hydrogens (primary N) is 1. The van der Waals surface area contributed by atoms with Gasteiger partial charge in [0.1, 0.15) is 0 Å². The summed E-state index contributed by atoms with van der Waals surface area (Å²) in [6, 6.07) is 9.15. The van der Waals surface area contributed by atoms with Crippen molar-refractivity contribution in [3.63, 3.8) is 0 Å². The molecule has 13 heavy (non-hydrogen) atoms. The van der Waals surface area contributed by atoms with Crippen molar-refractivity contribution in [2.45, 2.75) is 25.4 Å². The van der Waals surface area contributed by atoms with E-state index in [1.165, 1.54) is 11.1 Å². The van der Waals surface area contributed by atoms with Gasteiger partial charge in [0.05, 0.1) is 0 Å². The highest BCUT2D eigenvalue weighted by atomic mass is 14.9. The van der Waals surface area contributed by atoms with Gasteiger partial charge in [0.2, 0.25) is 0 Å². The van der Waals surface area contributed by atoms with Crippen molar-refractivity contribution < 1.29 is 0 Å². The average Bonchev–Trinajstić information content (AvgIpc) is 2.46. The van der Waals surface area contributed by atoms with Crippen LogP contribution in [-0.4, -0.2) is 6.54 Å². The van der Waals surface area contributed by atoms with Crippen LogP contribution < -0.4 is 11.1 Å². The lowest BCUT2D eigenvalue weighted by Gasteiger charge is -2.11. The molecule has 0 aromatic heterocycles. The van der Waals surface area contributed by atoms with Gasteiger partial charge in [0, 0.05) is 12.1 Å². The lowest BCUT2D eigenvalue weighted by Crippen LogP contribution is -2.19. The lowest BCUT2D eigenvalue weighted by molar-refractivity contribution is 0.513. The summed E-state index contributed by atoms with van der Waals surface area (Å²) in [5, 5.41) is 3.45. The van der Waals surface area contributed by atoms with Gasteiger partial charge in [0.25, 0.3) is 0 Å². The van der Waals surface area contributed by atoms with E-state index in [2.05, 4.69) is 36.5 Å². The minimum absolute atomic E-state index is 0.222. The van der Waals surface area contributed by atoms with Crippen LogP contribution in [0.3, 0.4) is 0 Å². The molecule has 0 spiro atoms. The Balaban J connectivity index is 2.30. The fraction of sp³-hybridized carbons (Fsp3) is 0.455. The van der Waals surface area contributed by atoms with Gasteiger partial charge in [-0.05, 0) is 24.1 Å². The topological polar surface area (TPSA) is 38.0 Å². The first-order valence-corrected chi connectivity index (χ1v) is 4.90. The predicted octanol–water partition coefficient (Wildman–Crippen LogP) is 1.74. The van der Waals surface area contributed by atoms with Crippen molar-refractivity contribution in [1.82, 2.24) is 5.32 Å². The Morgan fingerprint density at radius 3 is 2.77 bits per heavy atom. The second-order valence-corrected chi connectivity index (χ2v) is 3.58. The Morgan fingerprint density at radius 2 is 2.08 bits per heavy atom. The molecule has 0 aliphatic heterocycles. The van der Waals surface area contributed by atoms with Gasteiger partial charge in [-0.25, -0.2) is 0 Å². The summed E-state index contributed by atoms with van der Waals surface area (Å²) in [7, 11) is 0. The first kappa shape index (κ1) is 8.73. The third-order valence-corrected chi connectivity index (χ3v) is 2.71. The van der Waals surface area contributed by atoms with Crippen LogP contribution in [0.4, 0.5) is 0 Å². The van der Waals surface area contributed by atoms with Crippen molar-refractivity contribution in [3.8, 4) is 0 Å². The summed E-state index contributed by atoms with van der Waals surface area (Å²) in [4.78, 5) is 0. The largest absolute Gasteiger partial charge is 0.324 e. The van der Waals surface area contributed by atoms with E-state index < -0.39 is 0 Å². The monoisotopic (exact) mass is 176 g/mol. The maximum absolute atomic E-state index is 6.03. The molecule has 0 bridgehead atoms. The van der Waals surface area contributed by atoms with E-state index in [4.69, 9.17) is 5.73 Å². The van der Waals surface area contributed by atoms with Gasteiger partial charge >= 0.3 is 0 Å². The van der Waals surface area contributed by atoms with Crippen LogP contribution in [0.25, 0.3) is 0 Å². The van der Waals surface area contributed by atoms with Gasteiger partial charge in [-0.2, -0.15) is 0 Å². The SMILES string of the molecule is CCNC1CC(N)c2ccccc21. The van der Waals surface area contributed by atoms with Gasteiger partial charge < -0.3 is 11.1 Å². The van der Waals surface area contributed by atoms with Crippen LogP contribution in [0.5, 0.6) is 0 Å². The van der Waals surface area contributed by atoms with E-state index in [9.17, 15) is 0 Å². The van der Waals surface area contributed by atoms with Crippen LogP contribution >= 0.6 is 0 Å². The first-order chi connectivity index (χ1) is 6.33. The van der Waals surface area contributed by atoms with Gasteiger partial charge in [-0.1, -0.05) is 31.2 Å². The predicted molar refractivity (Wildman–Crippen MR) is 54.4 cm³/mol. The molecule has 1 aromatic rings. The van der Waals surface area contributed by atoms with Gasteiger partial charge in [0.15, 0.2) is 0 Å². The minimum Gasteiger partial charge on any atom is -0.324 e. The number of hydrogen-bond donors (Lipinski definition) is 2. The molecule has 0 heterocycles. The molecule has 1 aromatic carbocycles. The normalized spacial score (nSPS) is 26.0. The van der Waals surface area contributed by atoms with E-state index in [1.807, 2.05) is 0 Å². The van der Waals surface area contributed by atoms with Crippen molar-refractivity contribution in [3.05, 3.63) is 35.4 Å². The Labute approximate surface area is 79.1 Å². The number of nitrogens with one attached hydrogen (secondary N) is 1. The average molecular weight is 176 g/mol. The van der Waals surface area contributed by atoms with Gasteiger partial charge in [-0.3, -0.25) is 0 Å². The maximum Gasteiger partial charge on any atom is 0.0341 e. The maximum atomic E-state index is 6.03. The molecule has 2 nitrogen and oxygen atoms in total. The molecule has 2 heteroatoms. The summed E-state index contributed by atoms with van der Waals surface area (Å²) in [6.45, 7) is 3.14. The van der Waals surface area contributed by atoms with Crippen molar-refractivity contribution in [1.29, 1.82) is 0 Å². The fourth-order valence-corrected chi connectivity index (χ4v) is 2.11.